The molecule has 0 aromatic heterocycles. The van der Waals surface area contributed by atoms with Crippen LogP contribution in [0.1, 0.15) is 38.5 Å². The van der Waals surface area contributed by atoms with E-state index in [-0.39, 0.29) is 0 Å². The first-order chi connectivity index (χ1) is 6.45. The monoisotopic (exact) mass is 180 g/mol. The minimum absolute atomic E-state index is 0.836. The number of nitrogens with one attached hydrogen (secondary N) is 1. The van der Waals surface area contributed by atoms with Crippen LogP contribution in [-0.4, -0.2) is 36.1 Å². The summed E-state index contributed by atoms with van der Waals surface area (Å²) in [6.07, 6.45) is 8.74. The van der Waals surface area contributed by atoms with Crippen molar-refractivity contribution < 1.29 is 0 Å². The quantitative estimate of drug-likeness (QED) is 0.655. The van der Waals surface area contributed by atoms with Gasteiger partial charge < -0.3 is 5.32 Å². The average molecular weight is 180 g/mol. The van der Waals surface area contributed by atoms with E-state index in [9.17, 15) is 0 Å². The van der Waals surface area contributed by atoms with Gasteiger partial charge in [-0.05, 0) is 25.7 Å². The smallest absolute Gasteiger partial charge is 0.0252 e. The van der Waals surface area contributed by atoms with Gasteiger partial charge in [-0.25, -0.2) is 0 Å². The van der Waals surface area contributed by atoms with E-state index in [0.717, 1.165) is 18.1 Å². The van der Waals surface area contributed by atoms with Gasteiger partial charge in [-0.3, -0.25) is 4.90 Å². The minimum atomic E-state index is 0.836. The molecule has 0 unspecified atom stereocenters. The fourth-order valence-corrected chi connectivity index (χ4v) is 3.15. The van der Waals surface area contributed by atoms with E-state index in [1.54, 1.807) is 0 Å². The lowest BCUT2D eigenvalue weighted by molar-refractivity contribution is 0.0810. The third kappa shape index (κ3) is 1.50. The van der Waals surface area contributed by atoms with E-state index >= 15 is 0 Å². The second kappa shape index (κ2) is 3.25. The van der Waals surface area contributed by atoms with Gasteiger partial charge in [-0.15, -0.1) is 0 Å². The van der Waals surface area contributed by atoms with Gasteiger partial charge in [0.25, 0.3) is 0 Å². The molecule has 13 heavy (non-hydrogen) atoms. The van der Waals surface area contributed by atoms with E-state index in [1.165, 1.54) is 51.6 Å². The molecule has 0 bridgehead atoms. The van der Waals surface area contributed by atoms with Gasteiger partial charge in [0.2, 0.25) is 0 Å². The summed E-state index contributed by atoms with van der Waals surface area (Å²) in [5.41, 5.74) is 0. The van der Waals surface area contributed by atoms with Crippen molar-refractivity contribution in [3.63, 3.8) is 0 Å². The first kappa shape index (κ1) is 8.25. The molecule has 74 valence electrons. The molecule has 1 saturated heterocycles. The van der Waals surface area contributed by atoms with Crippen molar-refractivity contribution in [2.45, 2.75) is 56.7 Å². The molecule has 0 aromatic rings. The molecule has 1 aliphatic heterocycles. The number of fused-ring (bicyclic) bond motifs is 1. The van der Waals surface area contributed by atoms with Gasteiger partial charge in [-0.1, -0.05) is 12.8 Å². The van der Waals surface area contributed by atoms with Gasteiger partial charge in [0.05, 0.1) is 0 Å². The Labute approximate surface area is 80.7 Å². The van der Waals surface area contributed by atoms with E-state index in [0.29, 0.717) is 0 Å². The summed E-state index contributed by atoms with van der Waals surface area (Å²) in [6.45, 7) is 2.55. The number of hydrogen-bond acceptors (Lipinski definition) is 2. The number of hydrogen-bond donors (Lipinski definition) is 1. The third-order valence-corrected chi connectivity index (χ3v) is 3.95. The van der Waals surface area contributed by atoms with E-state index in [4.69, 9.17) is 0 Å². The second-order valence-electron chi connectivity index (χ2n) is 4.88. The average Bonchev–Trinajstić information content (AvgIpc) is 3.00. The van der Waals surface area contributed by atoms with Crippen LogP contribution in [0.3, 0.4) is 0 Å². The molecule has 2 atom stereocenters. The predicted molar refractivity (Wildman–Crippen MR) is 53.8 cm³/mol. The van der Waals surface area contributed by atoms with Crippen LogP contribution >= 0.6 is 0 Å². The summed E-state index contributed by atoms with van der Waals surface area (Å²) in [5, 5.41) is 3.69. The largest absolute Gasteiger partial charge is 0.311 e. The van der Waals surface area contributed by atoms with Crippen LogP contribution in [0, 0.1) is 0 Å². The standard InChI is InChI=1S/C11H20N2/c1-2-4-11-10(3-1)12-7-8-13(11)9-5-6-9/h9-12H,1-8H2/t10-,11+/m1/s1. The maximum atomic E-state index is 3.69. The first-order valence-corrected chi connectivity index (χ1v) is 5.94. The maximum absolute atomic E-state index is 3.69. The second-order valence-corrected chi connectivity index (χ2v) is 4.88. The lowest BCUT2D eigenvalue weighted by Gasteiger charge is -2.45. The third-order valence-electron chi connectivity index (χ3n) is 3.95. The van der Waals surface area contributed by atoms with Crippen LogP contribution < -0.4 is 5.32 Å². The molecule has 3 rings (SSSR count). The van der Waals surface area contributed by atoms with Crippen molar-refractivity contribution in [3.05, 3.63) is 0 Å². The molecule has 3 aliphatic rings. The summed E-state index contributed by atoms with van der Waals surface area (Å²) >= 11 is 0. The van der Waals surface area contributed by atoms with Crippen LogP contribution in [0.15, 0.2) is 0 Å². The highest BCUT2D eigenvalue weighted by Gasteiger charge is 2.40. The summed E-state index contributed by atoms with van der Waals surface area (Å²) in [7, 11) is 0. The van der Waals surface area contributed by atoms with Crippen molar-refractivity contribution in [3.8, 4) is 0 Å². The molecule has 2 saturated carbocycles. The fourth-order valence-electron chi connectivity index (χ4n) is 3.15. The highest BCUT2D eigenvalue weighted by molar-refractivity contribution is 4.98. The Kier molecular flexibility index (Phi) is 2.06. The molecule has 0 spiro atoms. The molecule has 2 heteroatoms. The van der Waals surface area contributed by atoms with Gasteiger partial charge in [-0.2, -0.15) is 0 Å². The van der Waals surface area contributed by atoms with Crippen molar-refractivity contribution >= 4 is 0 Å². The normalized spacial score (nSPS) is 41.5. The zero-order chi connectivity index (χ0) is 8.67. The van der Waals surface area contributed by atoms with E-state index in [1.807, 2.05) is 0 Å². The van der Waals surface area contributed by atoms with Crippen LogP contribution in [-0.2, 0) is 0 Å². The first-order valence-electron chi connectivity index (χ1n) is 5.94. The highest BCUT2D eigenvalue weighted by Crippen LogP contribution is 2.34. The molecule has 3 fully saturated rings. The fraction of sp³-hybridized carbons (Fsp3) is 1.00. The Balaban J connectivity index is 1.71. The van der Waals surface area contributed by atoms with Gasteiger partial charge >= 0.3 is 0 Å². The molecular weight excluding hydrogens is 160 g/mol. The topological polar surface area (TPSA) is 15.3 Å². The molecule has 2 aliphatic carbocycles. The molecule has 0 radical (unpaired) electrons. The molecule has 2 nitrogen and oxygen atoms in total. The Hall–Kier alpha value is -0.0800. The van der Waals surface area contributed by atoms with Crippen molar-refractivity contribution in [1.29, 1.82) is 0 Å². The van der Waals surface area contributed by atoms with Crippen molar-refractivity contribution in [2.75, 3.05) is 13.1 Å². The lowest BCUT2D eigenvalue weighted by atomic mass is 9.87. The predicted octanol–water partition coefficient (Wildman–Crippen LogP) is 1.37. The molecule has 1 N–H and O–H groups in total. The maximum Gasteiger partial charge on any atom is 0.0252 e. The molecule has 0 aromatic carbocycles. The van der Waals surface area contributed by atoms with E-state index in [2.05, 4.69) is 10.2 Å². The summed E-state index contributed by atoms with van der Waals surface area (Å²) in [5.74, 6) is 0. The Morgan fingerprint density at radius 1 is 1.00 bits per heavy atom. The number of nitrogens with zero attached hydrogens (tertiary/aromatic N) is 1. The zero-order valence-electron chi connectivity index (χ0n) is 8.34. The molecule has 0 amide bonds. The van der Waals surface area contributed by atoms with Crippen LogP contribution in [0.5, 0.6) is 0 Å². The lowest BCUT2D eigenvalue weighted by Crippen LogP contribution is -2.59. The SMILES string of the molecule is C1CC[C@H]2[C@@H](C1)NCCN2C1CC1. The molecule has 1 heterocycles. The number of piperazine rings is 1. The van der Waals surface area contributed by atoms with Gasteiger partial charge in [0.1, 0.15) is 0 Å². The minimum Gasteiger partial charge on any atom is -0.311 e. The Morgan fingerprint density at radius 3 is 2.69 bits per heavy atom. The van der Waals surface area contributed by atoms with Crippen LogP contribution in [0.4, 0.5) is 0 Å². The highest BCUT2D eigenvalue weighted by atomic mass is 15.3. The number of rotatable bonds is 1. The van der Waals surface area contributed by atoms with Crippen LogP contribution in [0.25, 0.3) is 0 Å². The Bertz CT molecular complexity index is 187. The summed E-state index contributed by atoms with van der Waals surface area (Å²) in [4.78, 5) is 2.81. The van der Waals surface area contributed by atoms with E-state index < -0.39 is 0 Å². The van der Waals surface area contributed by atoms with Crippen LogP contribution in [0.2, 0.25) is 0 Å². The van der Waals surface area contributed by atoms with Gasteiger partial charge in [0, 0.05) is 31.2 Å². The zero-order valence-corrected chi connectivity index (χ0v) is 8.34. The Morgan fingerprint density at radius 2 is 1.85 bits per heavy atom. The summed E-state index contributed by atoms with van der Waals surface area (Å²) in [6, 6.07) is 2.71. The summed E-state index contributed by atoms with van der Waals surface area (Å²) < 4.78 is 0. The molecular formula is C11H20N2. The van der Waals surface area contributed by atoms with Gasteiger partial charge in [0.15, 0.2) is 0 Å². The van der Waals surface area contributed by atoms with Crippen molar-refractivity contribution in [1.82, 2.24) is 10.2 Å². The van der Waals surface area contributed by atoms with Crippen molar-refractivity contribution in [2.24, 2.45) is 0 Å².